The predicted molar refractivity (Wildman–Crippen MR) is 245 cm³/mol. The van der Waals surface area contributed by atoms with E-state index in [1.54, 1.807) is 0 Å². The highest BCUT2D eigenvalue weighted by Gasteiger charge is 2.20. The van der Waals surface area contributed by atoms with Gasteiger partial charge in [0.1, 0.15) is 0 Å². The first-order valence-corrected chi connectivity index (χ1v) is 20.2. The summed E-state index contributed by atoms with van der Waals surface area (Å²) in [6.45, 7) is 0. The van der Waals surface area contributed by atoms with Crippen LogP contribution in [-0.4, -0.2) is 4.57 Å². The Kier molecular flexibility index (Phi) is 8.04. The van der Waals surface area contributed by atoms with Gasteiger partial charge in [-0.15, -0.1) is 11.3 Å². The molecule has 3 heteroatoms. The summed E-state index contributed by atoms with van der Waals surface area (Å²) in [5, 5.41) is 5.06. The first-order chi connectivity index (χ1) is 28.3. The van der Waals surface area contributed by atoms with E-state index >= 15 is 0 Å². The molecule has 0 fully saturated rings. The van der Waals surface area contributed by atoms with Crippen LogP contribution < -0.4 is 4.90 Å². The molecule has 0 aliphatic carbocycles. The molecule has 11 rings (SSSR count). The van der Waals surface area contributed by atoms with Gasteiger partial charge in [0.25, 0.3) is 0 Å². The second-order valence-corrected chi connectivity index (χ2v) is 15.6. The Morgan fingerprint density at radius 3 is 1.39 bits per heavy atom. The van der Waals surface area contributed by atoms with E-state index < -0.39 is 0 Å². The quantitative estimate of drug-likeness (QED) is 0.158. The molecule has 2 nitrogen and oxygen atoms in total. The molecule has 9 aromatic carbocycles. The van der Waals surface area contributed by atoms with Crippen LogP contribution in [0.2, 0.25) is 0 Å². The van der Waals surface area contributed by atoms with Crippen molar-refractivity contribution in [3.63, 3.8) is 0 Å². The van der Waals surface area contributed by atoms with Crippen LogP contribution in [0.15, 0.2) is 218 Å². The first kappa shape index (κ1) is 33.2. The van der Waals surface area contributed by atoms with Crippen molar-refractivity contribution in [2.45, 2.75) is 0 Å². The Morgan fingerprint density at radius 2 is 0.807 bits per heavy atom. The molecule has 0 N–H and O–H groups in total. The maximum absolute atomic E-state index is 2.47. The van der Waals surface area contributed by atoms with Gasteiger partial charge in [-0.3, -0.25) is 0 Å². The second kappa shape index (κ2) is 13.8. The van der Waals surface area contributed by atoms with Crippen molar-refractivity contribution in [1.29, 1.82) is 0 Å². The third-order valence-corrected chi connectivity index (χ3v) is 12.4. The Bertz CT molecular complexity index is 3100. The van der Waals surface area contributed by atoms with E-state index in [1.165, 1.54) is 81.0 Å². The molecule has 2 heterocycles. The van der Waals surface area contributed by atoms with Gasteiger partial charge in [-0.1, -0.05) is 152 Å². The molecule has 0 radical (unpaired) electrons. The first-order valence-electron chi connectivity index (χ1n) is 19.4. The van der Waals surface area contributed by atoms with Gasteiger partial charge < -0.3 is 9.47 Å². The lowest BCUT2D eigenvalue weighted by Gasteiger charge is -2.26. The molecule has 2 aromatic heterocycles. The number of fused-ring (bicyclic) bond motifs is 7. The number of benzene rings is 9. The summed E-state index contributed by atoms with van der Waals surface area (Å²) >= 11 is 1.89. The fraction of sp³-hybridized carbons (Fsp3) is 0. The Morgan fingerprint density at radius 1 is 0.333 bits per heavy atom. The standard InChI is InChI=1S/C54H36N2S/c1-5-13-37(14-6-1)40-21-26-44(27-22-40)55(45-28-23-41(24-29-45)38-15-7-2-8-16-38)46-30-34-52-50(36-46)48-32-31-47-49-35-42(39-17-9-3-10-18-39)25-33-51(49)56(53(47)54(48)57-52)43-19-11-4-12-20-43/h1-36H. The Hall–Kier alpha value is -7.20. The highest BCUT2D eigenvalue weighted by Crippen LogP contribution is 2.46. The van der Waals surface area contributed by atoms with Gasteiger partial charge >= 0.3 is 0 Å². The molecule has 57 heavy (non-hydrogen) atoms. The van der Waals surface area contributed by atoms with Crippen LogP contribution in [0, 0.1) is 0 Å². The summed E-state index contributed by atoms with van der Waals surface area (Å²) in [6.07, 6.45) is 0. The third-order valence-electron chi connectivity index (χ3n) is 11.2. The summed E-state index contributed by atoms with van der Waals surface area (Å²) in [7, 11) is 0. The molecule has 11 aromatic rings. The van der Waals surface area contributed by atoms with E-state index in [4.69, 9.17) is 0 Å². The molecular formula is C54H36N2S. The largest absolute Gasteiger partial charge is 0.310 e. The maximum atomic E-state index is 2.47. The third kappa shape index (κ3) is 5.80. The van der Waals surface area contributed by atoms with Crippen LogP contribution in [0.3, 0.4) is 0 Å². The molecular weight excluding hydrogens is 709 g/mol. The molecule has 0 aliphatic rings. The van der Waals surface area contributed by atoms with Gasteiger partial charge in [0, 0.05) is 49.0 Å². The Labute approximate surface area is 335 Å². The average molecular weight is 745 g/mol. The van der Waals surface area contributed by atoms with Gasteiger partial charge in [-0.25, -0.2) is 0 Å². The zero-order valence-corrected chi connectivity index (χ0v) is 31.9. The number of aromatic nitrogens is 1. The molecule has 0 atom stereocenters. The highest BCUT2D eigenvalue weighted by molar-refractivity contribution is 7.26. The number of para-hydroxylation sites is 1. The minimum atomic E-state index is 1.11. The Balaban J connectivity index is 1.10. The zero-order valence-electron chi connectivity index (χ0n) is 31.1. The van der Waals surface area contributed by atoms with Crippen LogP contribution in [0.4, 0.5) is 17.1 Å². The molecule has 0 aliphatic heterocycles. The van der Waals surface area contributed by atoms with Crippen LogP contribution in [0.25, 0.3) is 81.0 Å². The van der Waals surface area contributed by atoms with Crippen molar-refractivity contribution < 1.29 is 0 Å². The normalized spacial score (nSPS) is 11.5. The smallest absolute Gasteiger partial charge is 0.0719 e. The van der Waals surface area contributed by atoms with Gasteiger partial charge in [-0.05, 0) is 100 Å². The number of nitrogens with zero attached hydrogens (tertiary/aromatic N) is 2. The van der Waals surface area contributed by atoms with Crippen LogP contribution >= 0.6 is 11.3 Å². The number of rotatable bonds is 7. The summed E-state index contributed by atoms with van der Waals surface area (Å²) < 4.78 is 5.04. The van der Waals surface area contributed by atoms with Gasteiger partial charge in [0.2, 0.25) is 0 Å². The van der Waals surface area contributed by atoms with Crippen molar-refractivity contribution in [3.8, 4) is 39.1 Å². The topological polar surface area (TPSA) is 8.17 Å². The van der Waals surface area contributed by atoms with E-state index in [1.807, 2.05) is 11.3 Å². The SMILES string of the molecule is c1ccc(-c2ccc(N(c3ccc(-c4ccccc4)cc3)c3ccc4sc5c(ccc6c7cc(-c8ccccc8)ccc7n(-c7ccccc7)c65)c4c3)cc2)cc1. The molecule has 0 unspecified atom stereocenters. The van der Waals surface area contributed by atoms with E-state index in [0.29, 0.717) is 0 Å². The number of hydrogen-bond donors (Lipinski definition) is 0. The van der Waals surface area contributed by atoms with Gasteiger partial charge in [0.05, 0.1) is 15.7 Å². The number of anilines is 3. The van der Waals surface area contributed by atoms with Crippen LogP contribution in [-0.2, 0) is 0 Å². The van der Waals surface area contributed by atoms with E-state index in [9.17, 15) is 0 Å². The second-order valence-electron chi connectivity index (χ2n) is 14.6. The number of hydrogen-bond acceptors (Lipinski definition) is 2. The molecule has 0 spiro atoms. The molecule has 268 valence electrons. The van der Waals surface area contributed by atoms with Crippen molar-refractivity contribution in [1.82, 2.24) is 4.57 Å². The highest BCUT2D eigenvalue weighted by atomic mass is 32.1. The minimum absolute atomic E-state index is 1.11. The monoisotopic (exact) mass is 744 g/mol. The summed E-state index contributed by atoms with van der Waals surface area (Å²) in [5.74, 6) is 0. The fourth-order valence-electron chi connectivity index (χ4n) is 8.43. The summed E-state index contributed by atoms with van der Waals surface area (Å²) in [6, 6.07) is 79.2. The van der Waals surface area contributed by atoms with Gasteiger partial charge in [-0.2, -0.15) is 0 Å². The average Bonchev–Trinajstić information content (AvgIpc) is 3.83. The fourth-order valence-corrected chi connectivity index (χ4v) is 9.65. The van der Waals surface area contributed by atoms with Crippen LogP contribution in [0.1, 0.15) is 0 Å². The van der Waals surface area contributed by atoms with E-state index in [2.05, 4.69) is 228 Å². The van der Waals surface area contributed by atoms with Crippen molar-refractivity contribution in [2.24, 2.45) is 0 Å². The molecule has 0 bridgehead atoms. The van der Waals surface area contributed by atoms with E-state index in [-0.39, 0.29) is 0 Å². The lowest BCUT2D eigenvalue weighted by Crippen LogP contribution is -2.09. The molecule has 0 amide bonds. The van der Waals surface area contributed by atoms with E-state index in [0.717, 1.165) is 17.1 Å². The maximum Gasteiger partial charge on any atom is 0.0719 e. The summed E-state index contributed by atoms with van der Waals surface area (Å²) in [5.41, 5.74) is 14.3. The molecule has 0 saturated heterocycles. The zero-order chi connectivity index (χ0) is 37.7. The van der Waals surface area contributed by atoms with Crippen molar-refractivity contribution in [2.75, 3.05) is 4.90 Å². The van der Waals surface area contributed by atoms with Crippen molar-refractivity contribution >= 4 is 70.4 Å². The molecule has 0 saturated carbocycles. The summed E-state index contributed by atoms with van der Waals surface area (Å²) in [4.78, 5) is 2.39. The minimum Gasteiger partial charge on any atom is -0.310 e. The lowest BCUT2D eigenvalue weighted by atomic mass is 10.0. The van der Waals surface area contributed by atoms with Crippen LogP contribution in [0.5, 0.6) is 0 Å². The number of thiophene rings is 1. The van der Waals surface area contributed by atoms with Gasteiger partial charge in [0.15, 0.2) is 0 Å². The predicted octanol–water partition coefficient (Wildman–Crippen LogP) is 15.6. The lowest BCUT2D eigenvalue weighted by molar-refractivity contribution is 1.19. The van der Waals surface area contributed by atoms with Crippen molar-refractivity contribution in [3.05, 3.63) is 218 Å².